The quantitative estimate of drug-likeness (QED) is 0.857. The maximum atomic E-state index is 12.1. The molecule has 2 heterocycles. The van der Waals surface area contributed by atoms with E-state index in [-0.39, 0.29) is 12.5 Å². The van der Waals surface area contributed by atoms with E-state index in [1.165, 1.54) is 0 Å². The molecule has 0 saturated heterocycles. The van der Waals surface area contributed by atoms with Gasteiger partial charge in [-0.3, -0.25) is 4.79 Å². The van der Waals surface area contributed by atoms with E-state index in [1.807, 2.05) is 31.2 Å². The molecule has 1 aromatic carbocycles. The number of hydrogen-bond donors (Lipinski definition) is 0. The zero-order chi connectivity index (χ0) is 13.9. The van der Waals surface area contributed by atoms with Crippen molar-refractivity contribution >= 4 is 5.91 Å². The summed E-state index contributed by atoms with van der Waals surface area (Å²) >= 11 is 0. The molecule has 0 N–H and O–H groups in total. The molecule has 3 rings (SSSR count). The average molecular weight is 272 g/mol. The number of rotatable bonds is 3. The molecule has 5 heteroatoms. The second-order valence-corrected chi connectivity index (χ2v) is 4.94. The van der Waals surface area contributed by atoms with Gasteiger partial charge in [0.2, 0.25) is 0 Å². The number of carbonyl (C=O) groups excluding carboxylic acids is 1. The van der Waals surface area contributed by atoms with Crippen molar-refractivity contribution in [3.8, 4) is 5.75 Å². The minimum atomic E-state index is -0.0154. The molecule has 0 aliphatic carbocycles. The molecule has 0 fully saturated rings. The van der Waals surface area contributed by atoms with Crippen LogP contribution in [0.25, 0.3) is 0 Å². The average Bonchev–Trinajstić information content (AvgIpc) is 2.92. The Morgan fingerprint density at radius 1 is 1.50 bits per heavy atom. The number of nitrogens with zero attached hydrogens (tertiary/aromatic N) is 2. The molecular formula is C15H16N2O3. The first-order valence-electron chi connectivity index (χ1n) is 6.62. The van der Waals surface area contributed by atoms with Crippen LogP contribution in [0, 0.1) is 6.92 Å². The summed E-state index contributed by atoms with van der Waals surface area (Å²) in [5, 5.41) is 3.76. The molecule has 0 spiro atoms. The van der Waals surface area contributed by atoms with Crippen LogP contribution in [0.2, 0.25) is 0 Å². The number of fused-ring (bicyclic) bond motifs is 1. The lowest BCUT2D eigenvalue weighted by Crippen LogP contribution is -2.38. The Hall–Kier alpha value is -2.30. The number of ether oxygens (including phenoxy) is 1. The minimum Gasteiger partial charge on any atom is -0.484 e. The molecule has 0 radical (unpaired) electrons. The Bertz CT molecular complexity index is 621. The smallest absolute Gasteiger partial charge is 0.260 e. The number of aromatic nitrogens is 1. The maximum absolute atomic E-state index is 12.1. The number of amides is 1. The summed E-state index contributed by atoms with van der Waals surface area (Å²) in [6.45, 7) is 3.25. The van der Waals surface area contributed by atoms with E-state index < -0.39 is 0 Å². The Balaban J connectivity index is 1.58. The van der Waals surface area contributed by atoms with Crippen molar-refractivity contribution in [1.82, 2.24) is 10.1 Å². The minimum absolute atomic E-state index is 0.0154. The van der Waals surface area contributed by atoms with Crippen molar-refractivity contribution < 1.29 is 14.1 Å². The summed E-state index contributed by atoms with van der Waals surface area (Å²) in [5.41, 5.74) is 2.10. The molecule has 0 atom stereocenters. The highest BCUT2D eigenvalue weighted by Gasteiger charge is 2.23. The van der Waals surface area contributed by atoms with E-state index in [9.17, 15) is 4.79 Å². The van der Waals surface area contributed by atoms with Gasteiger partial charge in [0.1, 0.15) is 11.5 Å². The lowest BCUT2D eigenvalue weighted by molar-refractivity contribution is -0.134. The van der Waals surface area contributed by atoms with Gasteiger partial charge in [-0.05, 0) is 24.6 Å². The van der Waals surface area contributed by atoms with Gasteiger partial charge in [-0.15, -0.1) is 0 Å². The first-order chi connectivity index (χ1) is 9.72. The predicted octanol–water partition coefficient (Wildman–Crippen LogP) is 1.95. The molecule has 0 bridgehead atoms. The highest BCUT2D eigenvalue weighted by Crippen LogP contribution is 2.18. The summed E-state index contributed by atoms with van der Waals surface area (Å²) in [7, 11) is 0. The summed E-state index contributed by atoms with van der Waals surface area (Å²) < 4.78 is 10.6. The lowest BCUT2D eigenvalue weighted by Gasteiger charge is -2.25. The van der Waals surface area contributed by atoms with Gasteiger partial charge >= 0.3 is 0 Å². The van der Waals surface area contributed by atoms with Crippen molar-refractivity contribution in [3.63, 3.8) is 0 Å². The van der Waals surface area contributed by atoms with Crippen LogP contribution in [0.4, 0.5) is 0 Å². The summed E-state index contributed by atoms with van der Waals surface area (Å²) in [4.78, 5) is 13.9. The highest BCUT2D eigenvalue weighted by molar-refractivity contribution is 5.78. The number of benzene rings is 1. The van der Waals surface area contributed by atoms with Gasteiger partial charge in [-0.25, -0.2) is 0 Å². The van der Waals surface area contributed by atoms with Gasteiger partial charge in [0.15, 0.2) is 6.61 Å². The van der Waals surface area contributed by atoms with Crippen molar-refractivity contribution in [1.29, 1.82) is 0 Å². The van der Waals surface area contributed by atoms with E-state index in [1.54, 1.807) is 11.1 Å². The van der Waals surface area contributed by atoms with E-state index in [4.69, 9.17) is 9.26 Å². The molecule has 1 amide bonds. The van der Waals surface area contributed by atoms with Crippen LogP contribution < -0.4 is 4.74 Å². The first-order valence-corrected chi connectivity index (χ1v) is 6.62. The van der Waals surface area contributed by atoms with Crippen LogP contribution in [-0.2, 0) is 17.8 Å². The van der Waals surface area contributed by atoms with Crippen molar-refractivity contribution in [2.24, 2.45) is 0 Å². The Kier molecular flexibility index (Phi) is 3.41. The predicted molar refractivity (Wildman–Crippen MR) is 72.3 cm³/mol. The first kappa shape index (κ1) is 12.7. The SMILES string of the molecule is Cc1cccc(OCC(=O)N2CCc3oncc3C2)c1. The fourth-order valence-electron chi connectivity index (χ4n) is 2.29. The Labute approximate surface area is 117 Å². The third-order valence-corrected chi connectivity index (χ3v) is 3.40. The molecule has 1 aliphatic heterocycles. The van der Waals surface area contributed by atoms with Crippen LogP contribution in [0.15, 0.2) is 35.0 Å². The maximum Gasteiger partial charge on any atom is 0.260 e. The summed E-state index contributed by atoms with van der Waals surface area (Å²) in [6.07, 6.45) is 2.39. The molecule has 1 aliphatic rings. The van der Waals surface area contributed by atoms with Crippen LogP contribution in [0.3, 0.4) is 0 Å². The van der Waals surface area contributed by atoms with Gasteiger partial charge in [0.05, 0.1) is 12.7 Å². The van der Waals surface area contributed by atoms with Crippen molar-refractivity contribution in [2.75, 3.05) is 13.2 Å². The molecular weight excluding hydrogens is 256 g/mol. The highest BCUT2D eigenvalue weighted by atomic mass is 16.5. The second kappa shape index (κ2) is 5.36. The molecule has 2 aromatic rings. The molecule has 20 heavy (non-hydrogen) atoms. The van der Waals surface area contributed by atoms with Gasteiger partial charge < -0.3 is 14.2 Å². The van der Waals surface area contributed by atoms with Gasteiger partial charge in [-0.2, -0.15) is 0 Å². The zero-order valence-electron chi connectivity index (χ0n) is 11.3. The zero-order valence-corrected chi connectivity index (χ0v) is 11.3. The van der Waals surface area contributed by atoms with Crippen LogP contribution in [0.5, 0.6) is 5.75 Å². The van der Waals surface area contributed by atoms with Gasteiger partial charge in [0, 0.05) is 18.5 Å². The third-order valence-electron chi connectivity index (χ3n) is 3.40. The summed E-state index contributed by atoms with van der Waals surface area (Å²) in [6, 6.07) is 7.68. The Morgan fingerprint density at radius 3 is 3.25 bits per heavy atom. The van der Waals surface area contributed by atoms with E-state index >= 15 is 0 Å². The van der Waals surface area contributed by atoms with Crippen LogP contribution in [0.1, 0.15) is 16.9 Å². The van der Waals surface area contributed by atoms with Gasteiger partial charge in [0.25, 0.3) is 5.91 Å². The Morgan fingerprint density at radius 2 is 2.40 bits per heavy atom. The van der Waals surface area contributed by atoms with E-state index in [0.717, 1.165) is 22.6 Å². The normalized spacial score (nSPS) is 13.9. The van der Waals surface area contributed by atoms with Crippen LogP contribution in [-0.4, -0.2) is 29.1 Å². The third kappa shape index (κ3) is 2.66. The van der Waals surface area contributed by atoms with Gasteiger partial charge in [-0.1, -0.05) is 17.3 Å². The molecule has 1 aromatic heterocycles. The number of aryl methyl sites for hydroxylation is 1. The molecule has 104 valence electrons. The van der Waals surface area contributed by atoms with Crippen molar-refractivity contribution in [2.45, 2.75) is 19.9 Å². The van der Waals surface area contributed by atoms with Crippen LogP contribution >= 0.6 is 0 Å². The topological polar surface area (TPSA) is 55.6 Å². The van der Waals surface area contributed by atoms with Crippen molar-refractivity contribution in [3.05, 3.63) is 47.3 Å². The summed E-state index contributed by atoms with van der Waals surface area (Å²) in [5.74, 6) is 1.59. The fourth-order valence-corrected chi connectivity index (χ4v) is 2.29. The number of hydrogen-bond acceptors (Lipinski definition) is 4. The lowest BCUT2D eigenvalue weighted by atomic mass is 10.1. The monoisotopic (exact) mass is 272 g/mol. The second-order valence-electron chi connectivity index (χ2n) is 4.94. The van der Waals surface area contributed by atoms with E-state index in [2.05, 4.69) is 5.16 Å². The molecule has 0 unspecified atom stereocenters. The van der Waals surface area contributed by atoms with E-state index in [0.29, 0.717) is 19.5 Å². The number of carbonyl (C=O) groups is 1. The molecule has 5 nitrogen and oxygen atoms in total. The standard InChI is InChI=1S/C15H16N2O3/c1-11-3-2-4-13(7-11)19-10-15(18)17-6-5-14-12(9-17)8-16-20-14/h2-4,7-8H,5-6,9-10H2,1H3. The fraction of sp³-hybridized carbons (Fsp3) is 0.333. The largest absolute Gasteiger partial charge is 0.484 e. The molecule has 0 saturated carbocycles.